The number of nitrogens with one attached hydrogen (secondary N) is 1. The van der Waals surface area contributed by atoms with Crippen LogP contribution in [0.2, 0.25) is 0 Å². The zero-order valence-electron chi connectivity index (χ0n) is 12.5. The lowest BCUT2D eigenvalue weighted by atomic mass is 10.1. The Morgan fingerprint density at radius 3 is 2.65 bits per heavy atom. The Kier molecular flexibility index (Phi) is 4.52. The van der Waals surface area contributed by atoms with E-state index in [1.165, 1.54) is 24.3 Å². The molecule has 1 aromatic heterocycles. The molecule has 0 bridgehead atoms. The normalized spacial score (nSPS) is 15.0. The van der Waals surface area contributed by atoms with Gasteiger partial charge in [0.2, 0.25) is 0 Å². The van der Waals surface area contributed by atoms with Gasteiger partial charge in [-0.3, -0.25) is 5.32 Å². The average Bonchev–Trinajstić information content (AvgIpc) is 3.38. The van der Waals surface area contributed by atoms with E-state index in [-0.39, 0.29) is 24.4 Å². The number of aliphatic hydroxyl groups excluding tert-OH is 1. The molecule has 23 heavy (non-hydrogen) atoms. The number of hydrogen-bond acceptors (Lipinski definition) is 3. The van der Waals surface area contributed by atoms with Crippen molar-refractivity contribution in [3.8, 4) is 0 Å². The van der Waals surface area contributed by atoms with Gasteiger partial charge >= 0.3 is 6.03 Å². The number of hydrogen-bond donors (Lipinski definition) is 2. The molecule has 1 heterocycles. The Labute approximate surface area is 133 Å². The number of anilines is 1. The van der Waals surface area contributed by atoms with Crippen LogP contribution in [0, 0.1) is 5.82 Å². The number of benzene rings is 1. The molecule has 1 unspecified atom stereocenters. The number of pyridine rings is 1. The molecule has 2 amide bonds. The van der Waals surface area contributed by atoms with E-state index in [1.54, 1.807) is 29.3 Å². The lowest BCUT2D eigenvalue weighted by molar-refractivity contribution is 0.123. The summed E-state index contributed by atoms with van der Waals surface area (Å²) in [7, 11) is 0. The van der Waals surface area contributed by atoms with Crippen LogP contribution >= 0.6 is 0 Å². The molecule has 5 nitrogen and oxygen atoms in total. The summed E-state index contributed by atoms with van der Waals surface area (Å²) in [4.78, 5) is 18.1. The van der Waals surface area contributed by atoms with Crippen LogP contribution in [0.1, 0.15) is 24.5 Å². The van der Waals surface area contributed by atoms with E-state index in [4.69, 9.17) is 0 Å². The Bertz CT molecular complexity index is 659. The minimum atomic E-state index is -0.856. The van der Waals surface area contributed by atoms with E-state index in [9.17, 15) is 14.3 Å². The van der Waals surface area contributed by atoms with Crippen molar-refractivity contribution in [2.75, 3.05) is 11.9 Å². The van der Waals surface area contributed by atoms with Gasteiger partial charge in [-0.05, 0) is 42.7 Å². The third-order valence-electron chi connectivity index (χ3n) is 3.77. The molecule has 1 aliphatic rings. The number of aliphatic hydroxyl groups is 1. The summed E-state index contributed by atoms with van der Waals surface area (Å²) >= 11 is 0. The van der Waals surface area contributed by atoms with Crippen molar-refractivity contribution in [1.82, 2.24) is 9.88 Å². The highest BCUT2D eigenvalue weighted by atomic mass is 19.1. The third kappa shape index (κ3) is 4.04. The van der Waals surface area contributed by atoms with Crippen LogP contribution < -0.4 is 5.32 Å². The predicted octanol–water partition coefficient (Wildman–Crippen LogP) is 2.95. The largest absolute Gasteiger partial charge is 0.387 e. The average molecular weight is 315 g/mol. The molecule has 0 radical (unpaired) electrons. The van der Waals surface area contributed by atoms with E-state index in [0.29, 0.717) is 11.4 Å². The van der Waals surface area contributed by atoms with Crippen LogP contribution in [0.25, 0.3) is 0 Å². The molecular formula is C17H18FN3O2. The summed E-state index contributed by atoms with van der Waals surface area (Å²) in [6, 6.07) is 10.8. The van der Waals surface area contributed by atoms with Gasteiger partial charge in [0.15, 0.2) is 0 Å². The quantitative estimate of drug-likeness (QED) is 0.891. The van der Waals surface area contributed by atoms with Gasteiger partial charge in [-0.25, -0.2) is 14.2 Å². The summed E-state index contributed by atoms with van der Waals surface area (Å²) in [5.41, 5.74) is 0.586. The second-order valence-corrected chi connectivity index (χ2v) is 5.60. The number of amides is 2. The van der Waals surface area contributed by atoms with Crippen molar-refractivity contribution in [2.24, 2.45) is 0 Å². The summed E-state index contributed by atoms with van der Waals surface area (Å²) in [5.74, 6) is 0.118. The molecule has 2 aromatic rings. The summed E-state index contributed by atoms with van der Waals surface area (Å²) in [6.07, 6.45) is 2.59. The standard InChI is InChI=1S/C17H18FN3O2/c18-13-6-4-12(5-7-13)15(22)11-21(14-8-9-14)17(23)20-16-3-1-2-10-19-16/h1-7,10,14-15,22H,8-9,11H2,(H,19,20,23). The van der Waals surface area contributed by atoms with Gasteiger partial charge in [0.1, 0.15) is 11.6 Å². The maximum absolute atomic E-state index is 13.0. The fourth-order valence-electron chi connectivity index (χ4n) is 2.38. The molecule has 1 aromatic carbocycles. The summed E-state index contributed by atoms with van der Waals surface area (Å²) in [6.45, 7) is 0.162. The van der Waals surface area contributed by atoms with Crippen LogP contribution in [0.4, 0.5) is 15.0 Å². The van der Waals surface area contributed by atoms with Crippen LogP contribution in [-0.4, -0.2) is 33.6 Å². The fourth-order valence-corrected chi connectivity index (χ4v) is 2.38. The van der Waals surface area contributed by atoms with Crippen molar-refractivity contribution in [3.05, 3.63) is 60.0 Å². The zero-order chi connectivity index (χ0) is 16.2. The minimum Gasteiger partial charge on any atom is -0.387 e. The first-order valence-corrected chi connectivity index (χ1v) is 7.55. The van der Waals surface area contributed by atoms with Crippen molar-refractivity contribution < 1.29 is 14.3 Å². The number of urea groups is 1. The molecular weight excluding hydrogens is 297 g/mol. The van der Waals surface area contributed by atoms with E-state index in [0.717, 1.165) is 12.8 Å². The Morgan fingerprint density at radius 2 is 2.04 bits per heavy atom. The molecule has 0 saturated heterocycles. The molecule has 1 atom stereocenters. The summed E-state index contributed by atoms with van der Waals surface area (Å²) < 4.78 is 13.0. The lowest BCUT2D eigenvalue weighted by Crippen LogP contribution is -2.39. The second-order valence-electron chi connectivity index (χ2n) is 5.60. The SMILES string of the molecule is O=C(Nc1ccccn1)N(CC(O)c1ccc(F)cc1)C1CC1. The topological polar surface area (TPSA) is 65.5 Å². The Balaban J connectivity index is 1.66. The fraction of sp³-hybridized carbons (Fsp3) is 0.294. The molecule has 1 saturated carbocycles. The molecule has 1 fully saturated rings. The first-order chi connectivity index (χ1) is 11.1. The molecule has 6 heteroatoms. The van der Waals surface area contributed by atoms with Crippen molar-refractivity contribution in [2.45, 2.75) is 25.0 Å². The maximum atomic E-state index is 13.0. The number of rotatable bonds is 5. The van der Waals surface area contributed by atoms with E-state index in [2.05, 4.69) is 10.3 Å². The number of aromatic nitrogens is 1. The van der Waals surface area contributed by atoms with Crippen LogP contribution in [0.15, 0.2) is 48.7 Å². The number of carbonyl (C=O) groups is 1. The summed E-state index contributed by atoms with van der Waals surface area (Å²) in [5, 5.41) is 13.0. The first-order valence-electron chi connectivity index (χ1n) is 7.55. The van der Waals surface area contributed by atoms with Gasteiger partial charge < -0.3 is 10.0 Å². The van der Waals surface area contributed by atoms with Crippen LogP contribution in [0.5, 0.6) is 0 Å². The smallest absolute Gasteiger partial charge is 0.323 e. The molecule has 0 aliphatic heterocycles. The second kappa shape index (κ2) is 6.75. The molecule has 0 spiro atoms. The van der Waals surface area contributed by atoms with Crippen molar-refractivity contribution in [1.29, 1.82) is 0 Å². The minimum absolute atomic E-state index is 0.133. The third-order valence-corrected chi connectivity index (χ3v) is 3.77. The Morgan fingerprint density at radius 1 is 1.30 bits per heavy atom. The molecule has 2 N–H and O–H groups in total. The van der Waals surface area contributed by atoms with E-state index >= 15 is 0 Å². The number of nitrogens with zero attached hydrogens (tertiary/aromatic N) is 2. The van der Waals surface area contributed by atoms with Crippen molar-refractivity contribution >= 4 is 11.8 Å². The Hall–Kier alpha value is -2.47. The van der Waals surface area contributed by atoms with Gasteiger partial charge in [0.25, 0.3) is 0 Å². The number of carbonyl (C=O) groups excluding carboxylic acids is 1. The van der Waals surface area contributed by atoms with E-state index < -0.39 is 6.10 Å². The first kappa shape index (κ1) is 15.4. The van der Waals surface area contributed by atoms with Crippen LogP contribution in [-0.2, 0) is 0 Å². The van der Waals surface area contributed by atoms with Gasteiger partial charge in [-0.15, -0.1) is 0 Å². The van der Waals surface area contributed by atoms with Gasteiger partial charge in [-0.1, -0.05) is 18.2 Å². The highest BCUT2D eigenvalue weighted by molar-refractivity contribution is 5.88. The predicted molar refractivity (Wildman–Crippen MR) is 84.3 cm³/mol. The molecule has 3 rings (SSSR count). The van der Waals surface area contributed by atoms with Crippen LogP contribution in [0.3, 0.4) is 0 Å². The molecule has 120 valence electrons. The maximum Gasteiger partial charge on any atom is 0.323 e. The molecule has 1 aliphatic carbocycles. The van der Waals surface area contributed by atoms with Gasteiger partial charge in [0, 0.05) is 12.2 Å². The highest BCUT2D eigenvalue weighted by Crippen LogP contribution is 2.29. The monoisotopic (exact) mass is 315 g/mol. The van der Waals surface area contributed by atoms with Gasteiger partial charge in [0.05, 0.1) is 12.6 Å². The van der Waals surface area contributed by atoms with E-state index in [1.807, 2.05) is 0 Å². The van der Waals surface area contributed by atoms with Gasteiger partial charge in [-0.2, -0.15) is 0 Å². The number of halogens is 1. The highest BCUT2D eigenvalue weighted by Gasteiger charge is 2.34. The lowest BCUT2D eigenvalue weighted by Gasteiger charge is -2.25. The zero-order valence-corrected chi connectivity index (χ0v) is 12.5. The van der Waals surface area contributed by atoms with Crippen molar-refractivity contribution in [3.63, 3.8) is 0 Å².